The standard InChI is InChI=1S/C17H16ClN5O2S/c1-9-10(2)22-23(13-6-4-12(18)5-7-13)15(9)21-16(25)14-8-26-17(20-14)19-11(3)24/h4-8H,1-3H3,(H,21,25)(H,19,20,24). The third-order valence-corrected chi connectivity index (χ3v) is 4.69. The van der Waals surface area contributed by atoms with Crippen LogP contribution in [0.2, 0.25) is 5.02 Å². The van der Waals surface area contributed by atoms with Gasteiger partial charge in [0.15, 0.2) is 5.13 Å². The van der Waals surface area contributed by atoms with Crippen molar-refractivity contribution in [3.8, 4) is 5.69 Å². The molecule has 3 aromatic rings. The Morgan fingerprint density at radius 2 is 1.85 bits per heavy atom. The van der Waals surface area contributed by atoms with Crippen molar-refractivity contribution in [3.63, 3.8) is 0 Å². The molecule has 7 nitrogen and oxygen atoms in total. The smallest absolute Gasteiger partial charge is 0.276 e. The Hall–Kier alpha value is -2.71. The fourth-order valence-corrected chi connectivity index (χ4v) is 3.14. The quantitative estimate of drug-likeness (QED) is 0.710. The summed E-state index contributed by atoms with van der Waals surface area (Å²) in [6, 6.07) is 7.16. The fourth-order valence-electron chi connectivity index (χ4n) is 2.28. The molecule has 0 unspecified atom stereocenters. The normalized spacial score (nSPS) is 10.6. The SMILES string of the molecule is CC(=O)Nc1nc(C(=O)Nc2c(C)c(C)nn2-c2ccc(Cl)cc2)cs1. The van der Waals surface area contributed by atoms with Gasteiger partial charge in [0.05, 0.1) is 11.4 Å². The van der Waals surface area contributed by atoms with Gasteiger partial charge in [-0.05, 0) is 38.1 Å². The van der Waals surface area contributed by atoms with Gasteiger partial charge in [0.2, 0.25) is 5.91 Å². The molecule has 1 aromatic carbocycles. The minimum absolute atomic E-state index is 0.222. The Morgan fingerprint density at radius 1 is 1.15 bits per heavy atom. The van der Waals surface area contributed by atoms with E-state index in [1.54, 1.807) is 22.2 Å². The highest BCUT2D eigenvalue weighted by atomic mass is 35.5. The molecule has 0 radical (unpaired) electrons. The second kappa shape index (κ2) is 7.27. The number of carbonyl (C=O) groups is 2. The predicted molar refractivity (Wildman–Crippen MR) is 102 cm³/mol. The van der Waals surface area contributed by atoms with Crippen molar-refractivity contribution in [3.05, 3.63) is 51.6 Å². The lowest BCUT2D eigenvalue weighted by Gasteiger charge is -2.09. The molecule has 2 aromatic heterocycles. The van der Waals surface area contributed by atoms with E-state index in [9.17, 15) is 9.59 Å². The van der Waals surface area contributed by atoms with E-state index in [-0.39, 0.29) is 17.5 Å². The van der Waals surface area contributed by atoms with Gasteiger partial charge >= 0.3 is 0 Å². The predicted octanol–water partition coefficient (Wildman–Crippen LogP) is 3.81. The summed E-state index contributed by atoms with van der Waals surface area (Å²) in [6.45, 7) is 5.14. The molecular weight excluding hydrogens is 374 g/mol. The van der Waals surface area contributed by atoms with Crippen LogP contribution >= 0.6 is 22.9 Å². The highest BCUT2D eigenvalue weighted by Gasteiger charge is 2.18. The molecule has 0 spiro atoms. The molecule has 2 N–H and O–H groups in total. The Kier molecular flexibility index (Phi) is 5.06. The Morgan fingerprint density at radius 3 is 2.50 bits per heavy atom. The molecule has 0 saturated heterocycles. The highest BCUT2D eigenvalue weighted by molar-refractivity contribution is 7.14. The zero-order valence-electron chi connectivity index (χ0n) is 14.3. The number of anilines is 2. The molecule has 0 fully saturated rings. The molecule has 0 aliphatic carbocycles. The van der Waals surface area contributed by atoms with Gasteiger partial charge in [0.1, 0.15) is 11.5 Å². The minimum atomic E-state index is -0.379. The number of aromatic nitrogens is 3. The van der Waals surface area contributed by atoms with Crippen LogP contribution in [0.15, 0.2) is 29.6 Å². The van der Waals surface area contributed by atoms with E-state index in [1.165, 1.54) is 18.3 Å². The molecule has 0 saturated carbocycles. The summed E-state index contributed by atoms with van der Waals surface area (Å²) in [5.41, 5.74) is 2.65. The zero-order chi connectivity index (χ0) is 18.8. The molecule has 9 heteroatoms. The maximum absolute atomic E-state index is 12.6. The van der Waals surface area contributed by atoms with Crippen molar-refractivity contribution in [2.24, 2.45) is 0 Å². The van der Waals surface area contributed by atoms with Crippen molar-refractivity contribution in [1.82, 2.24) is 14.8 Å². The summed E-state index contributed by atoms with van der Waals surface area (Å²) < 4.78 is 1.65. The number of nitrogens with one attached hydrogen (secondary N) is 2. The Labute approximate surface area is 159 Å². The van der Waals surface area contributed by atoms with Gasteiger partial charge in [-0.3, -0.25) is 9.59 Å². The van der Waals surface area contributed by atoms with Gasteiger partial charge in [-0.2, -0.15) is 5.10 Å². The summed E-state index contributed by atoms with van der Waals surface area (Å²) >= 11 is 7.13. The summed E-state index contributed by atoms with van der Waals surface area (Å²) in [6.07, 6.45) is 0. The van der Waals surface area contributed by atoms with E-state index in [1.807, 2.05) is 26.0 Å². The molecule has 0 bridgehead atoms. The number of hydrogen-bond donors (Lipinski definition) is 2. The monoisotopic (exact) mass is 389 g/mol. The Bertz CT molecular complexity index is 978. The molecular formula is C17H16ClN5O2S. The third kappa shape index (κ3) is 3.76. The average molecular weight is 390 g/mol. The van der Waals surface area contributed by atoms with Gasteiger partial charge in [-0.25, -0.2) is 9.67 Å². The molecule has 2 heterocycles. The fraction of sp³-hybridized carbons (Fsp3) is 0.176. The van der Waals surface area contributed by atoms with Crippen molar-refractivity contribution in [2.45, 2.75) is 20.8 Å². The van der Waals surface area contributed by atoms with Gasteiger partial charge in [-0.1, -0.05) is 11.6 Å². The first-order valence-electron chi connectivity index (χ1n) is 7.72. The van der Waals surface area contributed by atoms with Crippen LogP contribution in [-0.4, -0.2) is 26.6 Å². The maximum atomic E-state index is 12.6. The number of aryl methyl sites for hydroxylation is 1. The van der Waals surface area contributed by atoms with Crippen LogP contribution in [0, 0.1) is 13.8 Å². The molecule has 134 valence electrons. The first kappa shape index (κ1) is 18.1. The third-order valence-electron chi connectivity index (χ3n) is 3.68. The topological polar surface area (TPSA) is 88.9 Å². The van der Waals surface area contributed by atoms with Crippen LogP contribution in [0.3, 0.4) is 0 Å². The molecule has 3 rings (SSSR count). The highest BCUT2D eigenvalue weighted by Crippen LogP contribution is 2.25. The van der Waals surface area contributed by atoms with Crippen molar-refractivity contribution >= 4 is 45.7 Å². The number of thiazole rings is 1. The molecule has 0 aliphatic heterocycles. The van der Waals surface area contributed by atoms with Gasteiger partial charge < -0.3 is 10.6 Å². The number of benzene rings is 1. The second-order valence-electron chi connectivity index (χ2n) is 5.62. The van der Waals surface area contributed by atoms with Crippen molar-refractivity contribution < 1.29 is 9.59 Å². The lowest BCUT2D eigenvalue weighted by atomic mass is 10.2. The number of amides is 2. The number of halogens is 1. The molecule has 0 aliphatic rings. The number of rotatable bonds is 4. The average Bonchev–Trinajstić information content (AvgIpc) is 3.15. The lowest BCUT2D eigenvalue weighted by Crippen LogP contribution is -2.16. The first-order valence-corrected chi connectivity index (χ1v) is 8.97. The van der Waals surface area contributed by atoms with E-state index in [0.717, 1.165) is 16.9 Å². The van der Waals surface area contributed by atoms with Crippen LogP contribution in [0.5, 0.6) is 0 Å². The number of nitrogens with zero attached hydrogens (tertiary/aromatic N) is 3. The van der Waals surface area contributed by atoms with Crippen LogP contribution in [0.25, 0.3) is 5.69 Å². The molecule has 0 atom stereocenters. The Balaban J connectivity index is 1.89. The van der Waals surface area contributed by atoms with Gasteiger partial charge in [0.25, 0.3) is 5.91 Å². The molecule has 26 heavy (non-hydrogen) atoms. The van der Waals surface area contributed by atoms with Crippen LogP contribution in [0.4, 0.5) is 10.9 Å². The van der Waals surface area contributed by atoms with E-state index in [2.05, 4.69) is 20.7 Å². The van der Waals surface area contributed by atoms with Crippen molar-refractivity contribution in [1.29, 1.82) is 0 Å². The van der Waals surface area contributed by atoms with Gasteiger partial charge in [0, 0.05) is 22.9 Å². The second-order valence-corrected chi connectivity index (χ2v) is 6.91. The van der Waals surface area contributed by atoms with E-state index < -0.39 is 0 Å². The van der Waals surface area contributed by atoms with E-state index in [0.29, 0.717) is 16.0 Å². The zero-order valence-corrected chi connectivity index (χ0v) is 15.9. The summed E-state index contributed by atoms with van der Waals surface area (Å²) in [5.74, 6) is -0.0569. The van der Waals surface area contributed by atoms with E-state index >= 15 is 0 Å². The number of carbonyl (C=O) groups excluding carboxylic acids is 2. The van der Waals surface area contributed by atoms with Crippen LogP contribution < -0.4 is 10.6 Å². The van der Waals surface area contributed by atoms with Crippen LogP contribution in [0.1, 0.15) is 28.7 Å². The van der Waals surface area contributed by atoms with Crippen LogP contribution in [-0.2, 0) is 4.79 Å². The van der Waals surface area contributed by atoms with E-state index in [4.69, 9.17) is 11.6 Å². The lowest BCUT2D eigenvalue weighted by molar-refractivity contribution is -0.114. The number of hydrogen-bond acceptors (Lipinski definition) is 5. The maximum Gasteiger partial charge on any atom is 0.276 e. The minimum Gasteiger partial charge on any atom is -0.305 e. The summed E-state index contributed by atoms with van der Waals surface area (Å²) in [7, 11) is 0. The molecule has 2 amide bonds. The summed E-state index contributed by atoms with van der Waals surface area (Å²) in [4.78, 5) is 27.8. The van der Waals surface area contributed by atoms with Gasteiger partial charge in [-0.15, -0.1) is 11.3 Å². The first-order chi connectivity index (χ1) is 12.3. The largest absolute Gasteiger partial charge is 0.305 e. The summed E-state index contributed by atoms with van der Waals surface area (Å²) in [5, 5.41) is 12.5. The van der Waals surface area contributed by atoms with Crippen molar-refractivity contribution in [2.75, 3.05) is 10.6 Å².